The van der Waals surface area contributed by atoms with E-state index in [4.69, 9.17) is 0 Å². The molecule has 0 spiro atoms. The molecule has 120 valence electrons. The fraction of sp³-hybridized carbons (Fsp3) is 0.333. The van der Waals surface area contributed by atoms with Gasteiger partial charge in [0.1, 0.15) is 0 Å². The molecule has 1 N–H and O–H groups in total. The van der Waals surface area contributed by atoms with Crippen molar-refractivity contribution in [3.8, 4) is 0 Å². The van der Waals surface area contributed by atoms with E-state index in [2.05, 4.69) is 10.3 Å². The maximum Gasteiger partial charge on any atom is 0.324 e. The van der Waals surface area contributed by atoms with Crippen LogP contribution in [0.5, 0.6) is 0 Å². The lowest BCUT2D eigenvalue weighted by molar-refractivity contribution is -0.124. The first-order valence-electron chi connectivity index (χ1n) is 7.32. The number of fused-ring (bicyclic) bond motifs is 1. The molecular formula is C15H16N4O3S. The Labute approximate surface area is 136 Å². The van der Waals surface area contributed by atoms with E-state index in [1.165, 1.54) is 16.7 Å². The van der Waals surface area contributed by atoms with Crippen molar-refractivity contribution in [2.45, 2.75) is 18.6 Å². The molecule has 8 heteroatoms. The third-order valence-corrected chi connectivity index (χ3v) is 4.59. The number of para-hydroxylation sites is 1. The van der Waals surface area contributed by atoms with E-state index in [1.807, 2.05) is 13.0 Å². The van der Waals surface area contributed by atoms with Gasteiger partial charge in [0.05, 0.1) is 16.7 Å². The number of hydrogen-bond donors (Lipinski definition) is 1. The van der Waals surface area contributed by atoms with Gasteiger partial charge in [-0.3, -0.25) is 19.1 Å². The van der Waals surface area contributed by atoms with Crippen LogP contribution >= 0.6 is 11.8 Å². The minimum absolute atomic E-state index is 0.0677. The van der Waals surface area contributed by atoms with Crippen molar-refractivity contribution < 1.29 is 9.59 Å². The second-order valence-corrected chi connectivity index (χ2v) is 5.97. The van der Waals surface area contributed by atoms with Crippen LogP contribution in [0.4, 0.5) is 4.79 Å². The highest BCUT2D eigenvalue weighted by atomic mass is 32.2. The van der Waals surface area contributed by atoms with Crippen LogP contribution in [0.25, 0.3) is 10.9 Å². The molecule has 1 aliphatic heterocycles. The molecule has 0 unspecified atom stereocenters. The topological polar surface area (TPSA) is 84.3 Å². The average Bonchev–Trinajstić information content (AvgIpc) is 2.99. The molecule has 0 saturated carbocycles. The van der Waals surface area contributed by atoms with E-state index in [0.29, 0.717) is 35.7 Å². The molecular weight excluding hydrogens is 316 g/mol. The molecule has 1 aliphatic rings. The minimum atomic E-state index is -0.366. The minimum Gasteiger partial charge on any atom is -0.336 e. The number of nitrogens with one attached hydrogen (secondary N) is 1. The third-order valence-electron chi connectivity index (χ3n) is 3.63. The summed E-state index contributed by atoms with van der Waals surface area (Å²) in [5.41, 5.74) is 0.489. The van der Waals surface area contributed by atoms with Crippen molar-refractivity contribution in [3.05, 3.63) is 34.6 Å². The van der Waals surface area contributed by atoms with Gasteiger partial charge in [0.25, 0.3) is 5.56 Å². The normalized spacial score (nSPS) is 14.3. The smallest absolute Gasteiger partial charge is 0.324 e. The van der Waals surface area contributed by atoms with E-state index < -0.39 is 0 Å². The van der Waals surface area contributed by atoms with Gasteiger partial charge in [0.15, 0.2) is 5.16 Å². The molecule has 1 aromatic heterocycles. The summed E-state index contributed by atoms with van der Waals surface area (Å²) < 4.78 is 1.55. The summed E-state index contributed by atoms with van der Waals surface area (Å²) in [4.78, 5) is 41.7. The maximum absolute atomic E-state index is 12.5. The molecule has 7 nitrogen and oxygen atoms in total. The Morgan fingerprint density at radius 1 is 1.35 bits per heavy atom. The number of nitrogens with zero attached hydrogens (tertiary/aromatic N) is 3. The van der Waals surface area contributed by atoms with Gasteiger partial charge in [-0.1, -0.05) is 23.9 Å². The third kappa shape index (κ3) is 2.94. The highest BCUT2D eigenvalue weighted by Gasteiger charge is 2.26. The Morgan fingerprint density at radius 3 is 2.83 bits per heavy atom. The zero-order valence-electron chi connectivity index (χ0n) is 12.6. The van der Waals surface area contributed by atoms with Crippen molar-refractivity contribution in [1.82, 2.24) is 19.8 Å². The molecule has 0 bridgehead atoms. The number of carbonyl (C=O) groups is 2. The molecule has 1 fully saturated rings. The van der Waals surface area contributed by atoms with Gasteiger partial charge in [-0.2, -0.15) is 0 Å². The molecule has 23 heavy (non-hydrogen) atoms. The van der Waals surface area contributed by atoms with Gasteiger partial charge in [-0.25, -0.2) is 9.78 Å². The quantitative estimate of drug-likeness (QED) is 0.668. The number of urea groups is 1. The second kappa shape index (κ2) is 6.41. The Balaban J connectivity index is 1.86. The highest BCUT2D eigenvalue weighted by molar-refractivity contribution is 7.99. The first-order valence-corrected chi connectivity index (χ1v) is 8.31. The van der Waals surface area contributed by atoms with E-state index >= 15 is 0 Å². The summed E-state index contributed by atoms with van der Waals surface area (Å²) in [7, 11) is 0. The van der Waals surface area contributed by atoms with Crippen LogP contribution in [0, 0.1) is 0 Å². The first-order chi connectivity index (χ1) is 11.1. The Kier molecular flexibility index (Phi) is 4.33. The number of rotatable bonds is 4. The Bertz CT molecular complexity index is 833. The van der Waals surface area contributed by atoms with Crippen molar-refractivity contribution in [3.63, 3.8) is 0 Å². The van der Waals surface area contributed by atoms with Gasteiger partial charge < -0.3 is 5.32 Å². The van der Waals surface area contributed by atoms with Crippen LogP contribution in [0.3, 0.4) is 0 Å². The van der Waals surface area contributed by atoms with E-state index in [0.717, 1.165) is 0 Å². The molecule has 2 aromatic rings. The van der Waals surface area contributed by atoms with Crippen LogP contribution in [-0.4, -0.2) is 45.2 Å². The summed E-state index contributed by atoms with van der Waals surface area (Å²) in [5, 5.41) is 3.64. The van der Waals surface area contributed by atoms with Crippen molar-refractivity contribution in [1.29, 1.82) is 0 Å². The van der Waals surface area contributed by atoms with Crippen LogP contribution in [0.15, 0.2) is 34.2 Å². The van der Waals surface area contributed by atoms with Gasteiger partial charge in [-0.15, -0.1) is 0 Å². The van der Waals surface area contributed by atoms with Crippen LogP contribution in [0.2, 0.25) is 0 Å². The number of benzene rings is 1. The Morgan fingerprint density at radius 2 is 2.13 bits per heavy atom. The molecule has 0 atom stereocenters. The number of aromatic nitrogens is 2. The van der Waals surface area contributed by atoms with Gasteiger partial charge >= 0.3 is 6.03 Å². The van der Waals surface area contributed by atoms with Crippen LogP contribution < -0.4 is 10.9 Å². The van der Waals surface area contributed by atoms with Crippen LogP contribution in [-0.2, 0) is 11.3 Å². The summed E-state index contributed by atoms with van der Waals surface area (Å²) >= 11 is 1.18. The predicted molar refractivity (Wildman–Crippen MR) is 87.5 cm³/mol. The molecule has 3 rings (SSSR count). The average molecular weight is 332 g/mol. The van der Waals surface area contributed by atoms with Gasteiger partial charge in [0, 0.05) is 19.6 Å². The molecule has 0 aliphatic carbocycles. The number of amides is 3. The van der Waals surface area contributed by atoms with Gasteiger partial charge in [-0.05, 0) is 19.1 Å². The summed E-state index contributed by atoms with van der Waals surface area (Å²) in [5.74, 6) is -0.215. The molecule has 1 saturated heterocycles. The number of imide groups is 1. The van der Waals surface area contributed by atoms with Crippen molar-refractivity contribution in [2.75, 3.05) is 18.8 Å². The lowest BCUT2D eigenvalue weighted by Crippen LogP contribution is -2.35. The first kappa shape index (κ1) is 15.5. The van der Waals surface area contributed by atoms with E-state index in [-0.39, 0.29) is 23.3 Å². The SMILES string of the molecule is CCn1c(SCC(=O)N2CCNC2=O)nc2ccccc2c1=O. The number of carbonyl (C=O) groups excluding carboxylic acids is 2. The molecule has 1 aromatic carbocycles. The standard InChI is InChI=1S/C15H16N4O3S/c1-2-18-13(21)10-5-3-4-6-11(10)17-15(18)23-9-12(20)19-8-7-16-14(19)22/h3-6H,2,7-9H2,1H3,(H,16,22). The largest absolute Gasteiger partial charge is 0.336 e. The monoisotopic (exact) mass is 332 g/mol. The predicted octanol–water partition coefficient (Wildman–Crippen LogP) is 1.06. The maximum atomic E-state index is 12.5. The lowest BCUT2D eigenvalue weighted by atomic mass is 10.2. The summed E-state index contributed by atoms with van der Waals surface area (Å²) in [6, 6.07) is 6.77. The number of hydrogen-bond acceptors (Lipinski definition) is 5. The molecule has 0 radical (unpaired) electrons. The second-order valence-electron chi connectivity index (χ2n) is 5.03. The van der Waals surface area contributed by atoms with E-state index in [9.17, 15) is 14.4 Å². The van der Waals surface area contributed by atoms with Crippen LogP contribution in [0.1, 0.15) is 6.92 Å². The summed E-state index contributed by atoms with van der Waals surface area (Å²) in [6.07, 6.45) is 0. The molecule has 3 amide bonds. The zero-order valence-corrected chi connectivity index (χ0v) is 13.4. The van der Waals surface area contributed by atoms with E-state index in [1.54, 1.807) is 22.8 Å². The highest BCUT2D eigenvalue weighted by Crippen LogP contribution is 2.18. The van der Waals surface area contributed by atoms with Crippen molar-refractivity contribution in [2.24, 2.45) is 0 Å². The lowest BCUT2D eigenvalue weighted by Gasteiger charge is -2.13. The summed E-state index contributed by atoms with van der Waals surface area (Å²) in [6.45, 7) is 3.18. The fourth-order valence-electron chi connectivity index (χ4n) is 2.45. The molecule has 2 heterocycles. The zero-order chi connectivity index (χ0) is 16.4. The van der Waals surface area contributed by atoms with Crippen molar-refractivity contribution >= 4 is 34.6 Å². The fourth-order valence-corrected chi connectivity index (χ4v) is 3.39. The Hall–Kier alpha value is -2.35. The van der Waals surface area contributed by atoms with Gasteiger partial charge in [0.2, 0.25) is 5.91 Å². The number of thioether (sulfide) groups is 1.